The maximum absolute atomic E-state index is 8.84. The van der Waals surface area contributed by atoms with Gasteiger partial charge in [-0.15, -0.1) is 11.3 Å². The minimum absolute atomic E-state index is 0.687. The Morgan fingerprint density at radius 1 is 1.53 bits per heavy atom. The summed E-state index contributed by atoms with van der Waals surface area (Å²) >= 11 is 1.70. The summed E-state index contributed by atoms with van der Waals surface area (Å²) in [6, 6.07) is 4.05. The van der Waals surface area contributed by atoms with Crippen LogP contribution in [0.4, 0.5) is 0 Å². The minimum Gasteiger partial charge on any atom is -0.342 e. The first kappa shape index (κ1) is 11.8. The van der Waals surface area contributed by atoms with E-state index < -0.39 is 0 Å². The van der Waals surface area contributed by atoms with Crippen LogP contribution in [0.15, 0.2) is 18.5 Å². The summed E-state index contributed by atoms with van der Waals surface area (Å²) in [5.41, 5.74) is 1.81. The third-order valence-corrected chi connectivity index (χ3v) is 3.36. The van der Waals surface area contributed by atoms with Crippen LogP contribution in [0, 0.1) is 18.3 Å². The summed E-state index contributed by atoms with van der Waals surface area (Å²) < 4.78 is 1.84. The number of nitrogens with zero attached hydrogens (tertiary/aromatic N) is 3. The van der Waals surface area contributed by atoms with Gasteiger partial charge in [0.1, 0.15) is 16.8 Å². The van der Waals surface area contributed by atoms with Gasteiger partial charge < -0.3 is 9.88 Å². The van der Waals surface area contributed by atoms with Crippen molar-refractivity contribution < 1.29 is 0 Å². The van der Waals surface area contributed by atoms with Crippen LogP contribution in [0.1, 0.15) is 21.1 Å². The molecule has 0 aromatic carbocycles. The molecule has 0 saturated heterocycles. The van der Waals surface area contributed by atoms with Crippen LogP contribution in [0.3, 0.4) is 0 Å². The number of thiazole rings is 1. The summed E-state index contributed by atoms with van der Waals surface area (Å²) in [6.07, 6.45) is 3.86. The molecule has 0 radical (unpaired) electrons. The molecule has 0 atom stereocenters. The van der Waals surface area contributed by atoms with E-state index in [1.165, 1.54) is 4.88 Å². The fourth-order valence-corrected chi connectivity index (χ4v) is 2.39. The van der Waals surface area contributed by atoms with Gasteiger partial charge in [-0.25, -0.2) is 4.98 Å². The minimum atomic E-state index is 0.687. The van der Waals surface area contributed by atoms with Gasteiger partial charge in [-0.2, -0.15) is 5.26 Å². The Morgan fingerprint density at radius 2 is 2.35 bits per heavy atom. The molecule has 2 heterocycles. The summed E-state index contributed by atoms with van der Waals surface area (Å²) in [5, 5.41) is 13.3. The van der Waals surface area contributed by atoms with E-state index in [1.54, 1.807) is 11.3 Å². The third kappa shape index (κ3) is 2.93. The lowest BCUT2D eigenvalue weighted by Gasteiger charge is -1.99. The highest BCUT2D eigenvalue weighted by Gasteiger charge is 2.02. The van der Waals surface area contributed by atoms with E-state index in [0.29, 0.717) is 5.69 Å². The first-order valence-corrected chi connectivity index (χ1v) is 6.18. The molecule has 4 nitrogen and oxygen atoms in total. The Labute approximate surface area is 105 Å². The number of hydrogen-bond acceptors (Lipinski definition) is 4. The highest BCUT2D eigenvalue weighted by atomic mass is 32.1. The topological polar surface area (TPSA) is 53.6 Å². The molecule has 0 spiro atoms. The van der Waals surface area contributed by atoms with Crippen molar-refractivity contribution in [3.05, 3.63) is 39.6 Å². The molecule has 0 aliphatic carbocycles. The number of aromatic nitrogens is 2. The molecule has 0 fully saturated rings. The zero-order valence-electron chi connectivity index (χ0n) is 9.90. The predicted molar refractivity (Wildman–Crippen MR) is 67.5 cm³/mol. The second kappa shape index (κ2) is 5.13. The van der Waals surface area contributed by atoms with Crippen LogP contribution in [-0.4, -0.2) is 9.55 Å². The zero-order valence-corrected chi connectivity index (χ0v) is 10.7. The Kier molecular flexibility index (Phi) is 3.57. The van der Waals surface area contributed by atoms with E-state index in [1.807, 2.05) is 30.1 Å². The molecule has 0 amide bonds. The van der Waals surface area contributed by atoms with E-state index in [0.717, 1.165) is 23.7 Å². The molecule has 2 rings (SSSR count). The van der Waals surface area contributed by atoms with Gasteiger partial charge in [-0.05, 0) is 18.6 Å². The molecule has 1 N–H and O–H groups in total. The number of hydrogen-bond donors (Lipinski definition) is 1. The first-order chi connectivity index (χ1) is 8.19. The van der Waals surface area contributed by atoms with Gasteiger partial charge in [-0.3, -0.25) is 0 Å². The maximum atomic E-state index is 8.84. The van der Waals surface area contributed by atoms with Crippen molar-refractivity contribution in [1.29, 1.82) is 5.26 Å². The van der Waals surface area contributed by atoms with Gasteiger partial charge in [-0.1, -0.05) is 0 Å². The molecular weight excluding hydrogens is 232 g/mol. The fraction of sp³-hybridized carbons (Fsp3) is 0.333. The lowest BCUT2D eigenvalue weighted by atomic mass is 10.3. The van der Waals surface area contributed by atoms with Crippen LogP contribution in [0.2, 0.25) is 0 Å². The van der Waals surface area contributed by atoms with E-state index in [9.17, 15) is 0 Å². The Balaban J connectivity index is 1.88. The predicted octanol–water partition coefficient (Wildman–Crippen LogP) is 1.95. The van der Waals surface area contributed by atoms with E-state index in [-0.39, 0.29) is 0 Å². The molecule has 0 unspecified atom stereocenters. The molecule has 0 bridgehead atoms. The highest BCUT2D eigenvalue weighted by Crippen LogP contribution is 2.11. The van der Waals surface area contributed by atoms with Gasteiger partial charge in [0.25, 0.3) is 0 Å². The van der Waals surface area contributed by atoms with Crippen molar-refractivity contribution in [2.24, 2.45) is 7.05 Å². The molecule has 88 valence electrons. The number of aryl methyl sites for hydroxylation is 2. The van der Waals surface area contributed by atoms with Gasteiger partial charge >= 0.3 is 0 Å². The molecule has 0 aliphatic heterocycles. The second-order valence-corrected chi connectivity index (χ2v) is 5.24. The van der Waals surface area contributed by atoms with Crippen LogP contribution >= 0.6 is 11.3 Å². The van der Waals surface area contributed by atoms with Crippen LogP contribution in [0.25, 0.3) is 0 Å². The maximum Gasteiger partial charge on any atom is 0.120 e. The number of nitrogens with one attached hydrogen (secondary N) is 1. The summed E-state index contributed by atoms with van der Waals surface area (Å²) in [7, 11) is 1.88. The number of rotatable bonds is 4. The molecular formula is C12H14N4S. The van der Waals surface area contributed by atoms with Crippen LogP contribution in [-0.2, 0) is 20.1 Å². The quantitative estimate of drug-likeness (QED) is 0.897. The Bertz CT molecular complexity index is 547. The molecule has 17 heavy (non-hydrogen) atoms. The second-order valence-electron chi connectivity index (χ2n) is 3.92. The van der Waals surface area contributed by atoms with Crippen molar-refractivity contribution in [2.75, 3.05) is 0 Å². The normalized spacial score (nSPS) is 10.4. The van der Waals surface area contributed by atoms with Crippen LogP contribution < -0.4 is 5.32 Å². The molecule has 2 aromatic heterocycles. The van der Waals surface area contributed by atoms with Crippen molar-refractivity contribution >= 4 is 11.3 Å². The average molecular weight is 246 g/mol. The van der Waals surface area contributed by atoms with Crippen molar-refractivity contribution in [3.63, 3.8) is 0 Å². The third-order valence-electron chi connectivity index (χ3n) is 2.45. The monoisotopic (exact) mass is 246 g/mol. The van der Waals surface area contributed by atoms with Crippen molar-refractivity contribution in [1.82, 2.24) is 14.9 Å². The summed E-state index contributed by atoms with van der Waals surface area (Å²) in [5.74, 6) is 0. The number of nitriles is 1. The standard InChI is InChI=1S/C12H14N4S/c1-9-5-15-12(17-9)7-14-6-10-3-11(4-13)16(2)8-10/h3,5,8,14H,6-7H2,1-2H3. The summed E-state index contributed by atoms with van der Waals surface area (Å²) in [4.78, 5) is 5.51. The van der Waals surface area contributed by atoms with Gasteiger partial charge in [0.15, 0.2) is 0 Å². The van der Waals surface area contributed by atoms with Gasteiger partial charge in [0.05, 0.1) is 0 Å². The van der Waals surface area contributed by atoms with Crippen molar-refractivity contribution in [2.45, 2.75) is 20.0 Å². The van der Waals surface area contributed by atoms with E-state index in [4.69, 9.17) is 5.26 Å². The average Bonchev–Trinajstić information content (AvgIpc) is 2.85. The smallest absolute Gasteiger partial charge is 0.120 e. The Morgan fingerprint density at radius 3 is 2.94 bits per heavy atom. The first-order valence-electron chi connectivity index (χ1n) is 5.36. The fourth-order valence-electron chi connectivity index (χ4n) is 1.64. The SMILES string of the molecule is Cc1cnc(CNCc2cc(C#N)n(C)c2)s1. The lowest BCUT2D eigenvalue weighted by molar-refractivity contribution is 0.689. The zero-order chi connectivity index (χ0) is 12.3. The molecule has 0 aliphatic rings. The Hall–Kier alpha value is -1.64. The largest absolute Gasteiger partial charge is 0.342 e. The molecule has 0 saturated carbocycles. The van der Waals surface area contributed by atoms with E-state index in [2.05, 4.69) is 23.3 Å². The lowest BCUT2D eigenvalue weighted by Crippen LogP contribution is -2.11. The van der Waals surface area contributed by atoms with Crippen LogP contribution in [0.5, 0.6) is 0 Å². The van der Waals surface area contributed by atoms with Crippen molar-refractivity contribution in [3.8, 4) is 6.07 Å². The molecule has 2 aromatic rings. The van der Waals surface area contributed by atoms with Gasteiger partial charge in [0.2, 0.25) is 0 Å². The molecule has 5 heteroatoms. The summed E-state index contributed by atoms with van der Waals surface area (Å²) in [6.45, 7) is 3.58. The van der Waals surface area contributed by atoms with E-state index >= 15 is 0 Å². The van der Waals surface area contributed by atoms with Gasteiger partial charge in [0, 0.05) is 37.4 Å². The highest BCUT2D eigenvalue weighted by molar-refractivity contribution is 7.11.